The minimum Gasteiger partial charge on any atom is -0.376 e. The van der Waals surface area contributed by atoms with Crippen LogP contribution in [0, 0.1) is 0 Å². The minimum absolute atomic E-state index is 0.127. The molecule has 0 spiro atoms. The van der Waals surface area contributed by atoms with Gasteiger partial charge in [0.15, 0.2) is 5.60 Å². The average Bonchev–Trinajstić information content (AvgIpc) is 2.43. The van der Waals surface area contributed by atoms with Crippen molar-refractivity contribution in [3.05, 3.63) is 60.2 Å². The Morgan fingerprint density at radius 3 is 2.00 bits per heavy atom. The van der Waals surface area contributed by atoms with Crippen LogP contribution >= 0.6 is 0 Å². The number of rotatable bonds is 1. The fourth-order valence-corrected chi connectivity index (χ4v) is 2.54. The lowest BCUT2D eigenvalue weighted by atomic mass is 9.89. The number of aliphatic hydroxyl groups is 1. The standard InChI is InChI=1S/C17H13F3O/c1-16(21,17(18,19)20)15-8-4-7-13-9-11-5-2-3-6-12(11)10-14(13)15/h2-10,21H,1H3. The van der Waals surface area contributed by atoms with Crippen molar-refractivity contribution in [1.29, 1.82) is 0 Å². The first-order chi connectivity index (χ1) is 9.80. The molecule has 0 aromatic heterocycles. The largest absolute Gasteiger partial charge is 0.421 e. The van der Waals surface area contributed by atoms with E-state index in [0.717, 1.165) is 17.7 Å². The Labute approximate surface area is 119 Å². The average molecular weight is 290 g/mol. The van der Waals surface area contributed by atoms with E-state index in [1.165, 1.54) is 12.1 Å². The van der Waals surface area contributed by atoms with Gasteiger partial charge in [0.05, 0.1) is 0 Å². The second-order valence-corrected chi connectivity index (χ2v) is 5.30. The van der Waals surface area contributed by atoms with E-state index < -0.39 is 11.8 Å². The summed E-state index contributed by atoms with van der Waals surface area (Å²) < 4.78 is 39.3. The molecular formula is C17H13F3O. The van der Waals surface area contributed by atoms with Crippen LogP contribution in [0.3, 0.4) is 0 Å². The molecule has 1 unspecified atom stereocenters. The first-order valence-electron chi connectivity index (χ1n) is 6.52. The van der Waals surface area contributed by atoms with Gasteiger partial charge < -0.3 is 5.11 Å². The molecule has 1 nitrogen and oxygen atoms in total. The molecule has 1 atom stereocenters. The van der Waals surface area contributed by atoms with Crippen LogP contribution in [0.15, 0.2) is 54.6 Å². The van der Waals surface area contributed by atoms with Crippen LogP contribution in [-0.4, -0.2) is 11.3 Å². The smallest absolute Gasteiger partial charge is 0.376 e. The van der Waals surface area contributed by atoms with Gasteiger partial charge in [-0.05, 0) is 40.6 Å². The molecular weight excluding hydrogens is 277 g/mol. The number of benzene rings is 3. The summed E-state index contributed by atoms with van der Waals surface area (Å²) in [7, 11) is 0. The highest BCUT2D eigenvalue weighted by Gasteiger charge is 2.51. The van der Waals surface area contributed by atoms with Gasteiger partial charge in [0.2, 0.25) is 0 Å². The first kappa shape index (κ1) is 13.9. The van der Waals surface area contributed by atoms with E-state index in [-0.39, 0.29) is 5.56 Å². The van der Waals surface area contributed by atoms with E-state index in [0.29, 0.717) is 10.8 Å². The highest BCUT2D eigenvalue weighted by atomic mass is 19.4. The molecule has 0 bridgehead atoms. The van der Waals surface area contributed by atoms with Gasteiger partial charge in [-0.3, -0.25) is 0 Å². The van der Waals surface area contributed by atoms with Crippen LogP contribution in [0.1, 0.15) is 12.5 Å². The van der Waals surface area contributed by atoms with E-state index in [9.17, 15) is 18.3 Å². The summed E-state index contributed by atoms with van der Waals surface area (Å²) in [6.07, 6.45) is -4.73. The lowest BCUT2D eigenvalue weighted by Gasteiger charge is -2.28. The maximum absolute atomic E-state index is 13.1. The Morgan fingerprint density at radius 2 is 1.38 bits per heavy atom. The van der Waals surface area contributed by atoms with Crippen LogP contribution in [0.5, 0.6) is 0 Å². The van der Waals surface area contributed by atoms with E-state index in [4.69, 9.17) is 0 Å². The lowest BCUT2D eigenvalue weighted by molar-refractivity contribution is -0.258. The molecule has 0 aliphatic rings. The van der Waals surface area contributed by atoms with Crippen molar-refractivity contribution < 1.29 is 18.3 Å². The van der Waals surface area contributed by atoms with Gasteiger partial charge in [0.1, 0.15) is 0 Å². The quantitative estimate of drug-likeness (QED) is 0.640. The summed E-state index contributed by atoms with van der Waals surface area (Å²) in [6, 6.07) is 15.6. The molecule has 0 saturated heterocycles. The maximum atomic E-state index is 13.1. The highest BCUT2D eigenvalue weighted by molar-refractivity contribution is 5.99. The van der Waals surface area contributed by atoms with Crippen molar-refractivity contribution in [2.24, 2.45) is 0 Å². The summed E-state index contributed by atoms with van der Waals surface area (Å²) in [5.41, 5.74) is -3.01. The molecule has 0 aliphatic carbocycles. The van der Waals surface area contributed by atoms with E-state index in [1.54, 1.807) is 12.1 Å². The normalized spacial score (nSPS) is 15.3. The highest BCUT2D eigenvalue weighted by Crippen LogP contribution is 2.41. The van der Waals surface area contributed by atoms with Crippen molar-refractivity contribution in [3.63, 3.8) is 0 Å². The summed E-state index contributed by atoms with van der Waals surface area (Å²) in [4.78, 5) is 0. The van der Waals surface area contributed by atoms with Gasteiger partial charge in [-0.15, -0.1) is 0 Å². The fraction of sp³-hybridized carbons (Fsp3) is 0.176. The summed E-state index contributed by atoms with van der Waals surface area (Å²) in [5.74, 6) is 0. The van der Waals surface area contributed by atoms with Crippen LogP contribution in [-0.2, 0) is 5.60 Å². The molecule has 3 aromatic carbocycles. The van der Waals surface area contributed by atoms with Gasteiger partial charge >= 0.3 is 6.18 Å². The molecule has 4 heteroatoms. The SMILES string of the molecule is CC(O)(c1cccc2cc3ccccc3cc12)C(F)(F)F. The molecule has 0 heterocycles. The third-order valence-corrected chi connectivity index (χ3v) is 3.82. The molecule has 0 aliphatic heterocycles. The van der Waals surface area contributed by atoms with Gasteiger partial charge in [-0.25, -0.2) is 0 Å². The first-order valence-corrected chi connectivity index (χ1v) is 6.52. The molecule has 3 aromatic rings. The van der Waals surface area contributed by atoms with Crippen molar-refractivity contribution in [3.8, 4) is 0 Å². The van der Waals surface area contributed by atoms with Crippen molar-refractivity contribution in [2.45, 2.75) is 18.7 Å². The Balaban J connectivity index is 2.36. The molecule has 1 N–H and O–H groups in total. The number of alkyl halides is 3. The second kappa shape index (κ2) is 4.46. The summed E-state index contributed by atoms with van der Waals surface area (Å²) >= 11 is 0. The number of hydrogen-bond acceptors (Lipinski definition) is 1. The van der Waals surface area contributed by atoms with Gasteiger partial charge in [0.25, 0.3) is 0 Å². The Kier molecular flexibility index (Phi) is 2.95. The number of halogens is 3. The van der Waals surface area contributed by atoms with Gasteiger partial charge in [-0.2, -0.15) is 13.2 Å². The minimum atomic E-state index is -4.73. The molecule has 21 heavy (non-hydrogen) atoms. The van der Waals surface area contributed by atoms with Gasteiger partial charge in [0, 0.05) is 5.56 Å². The zero-order valence-corrected chi connectivity index (χ0v) is 11.3. The predicted octanol–water partition coefficient (Wildman–Crippen LogP) is 4.76. The molecule has 108 valence electrons. The predicted molar refractivity (Wildman–Crippen MR) is 77.1 cm³/mol. The third kappa shape index (κ3) is 2.16. The molecule has 0 radical (unpaired) electrons. The van der Waals surface area contributed by atoms with Crippen molar-refractivity contribution in [1.82, 2.24) is 0 Å². The second-order valence-electron chi connectivity index (χ2n) is 5.30. The lowest BCUT2D eigenvalue weighted by Crippen LogP contribution is -2.39. The van der Waals surface area contributed by atoms with Crippen LogP contribution in [0.2, 0.25) is 0 Å². The Morgan fingerprint density at radius 1 is 0.810 bits per heavy atom. The zero-order valence-electron chi connectivity index (χ0n) is 11.3. The Bertz CT molecular complexity index is 819. The Hall–Kier alpha value is -2.07. The zero-order chi connectivity index (χ0) is 15.3. The van der Waals surface area contributed by atoms with E-state index >= 15 is 0 Å². The van der Waals surface area contributed by atoms with Crippen molar-refractivity contribution >= 4 is 21.5 Å². The summed E-state index contributed by atoms with van der Waals surface area (Å²) in [6.45, 7) is 0.789. The molecule has 0 fully saturated rings. The number of hydrogen-bond donors (Lipinski definition) is 1. The fourth-order valence-electron chi connectivity index (χ4n) is 2.54. The van der Waals surface area contributed by atoms with E-state index in [2.05, 4.69) is 0 Å². The van der Waals surface area contributed by atoms with Crippen LogP contribution in [0.25, 0.3) is 21.5 Å². The van der Waals surface area contributed by atoms with Crippen molar-refractivity contribution in [2.75, 3.05) is 0 Å². The number of fused-ring (bicyclic) bond motifs is 2. The summed E-state index contributed by atoms with van der Waals surface area (Å²) in [5, 5.41) is 12.9. The van der Waals surface area contributed by atoms with Crippen LogP contribution in [0.4, 0.5) is 13.2 Å². The third-order valence-electron chi connectivity index (χ3n) is 3.82. The monoisotopic (exact) mass is 290 g/mol. The molecule has 0 saturated carbocycles. The topological polar surface area (TPSA) is 20.2 Å². The van der Waals surface area contributed by atoms with Crippen LogP contribution < -0.4 is 0 Å². The van der Waals surface area contributed by atoms with Gasteiger partial charge in [-0.1, -0.05) is 42.5 Å². The molecule has 3 rings (SSSR count). The van der Waals surface area contributed by atoms with E-state index in [1.807, 2.05) is 30.3 Å². The maximum Gasteiger partial charge on any atom is 0.421 e. The molecule has 0 amide bonds.